The standard InChI is InChI=1S/C18H18BrNO2/c1-18(2)10-16(11-4-3-5-13(19)8-11)20-15-7-6-12(17(21)22)9-14(15)18/h3-9,16,20H,10H2,1-2H3,(H,21,22). The van der Waals surface area contributed by atoms with Gasteiger partial charge in [-0.2, -0.15) is 0 Å². The molecule has 0 saturated heterocycles. The largest absolute Gasteiger partial charge is 0.478 e. The van der Waals surface area contributed by atoms with Gasteiger partial charge in [0.15, 0.2) is 0 Å². The molecule has 2 aromatic rings. The Morgan fingerprint density at radius 1 is 1.27 bits per heavy atom. The minimum atomic E-state index is -0.882. The van der Waals surface area contributed by atoms with Crippen molar-refractivity contribution in [1.82, 2.24) is 0 Å². The van der Waals surface area contributed by atoms with E-state index in [-0.39, 0.29) is 11.5 Å². The van der Waals surface area contributed by atoms with Crippen molar-refractivity contribution in [2.24, 2.45) is 0 Å². The van der Waals surface area contributed by atoms with Gasteiger partial charge in [0.25, 0.3) is 0 Å². The molecule has 1 heterocycles. The molecule has 2 N–H and O–H groups in total. The van der Waals surface area contributed by atoms with Crippen molar-refractivity contribution in [2.75, 3.05) is 5.32 Å². The van der Waals surface area contributed by atoms with Crippen LogP contribution in [0.25, 0.3) is 0 Å². The van der Waals surface area contributed by atoms with Gasteiger partial charge < -0.3 is 10.4 Å². The average molecular weight is 360 g/mol. The Morgan fingerprint density at radius 2 is 2.05 bits per heavy atom. The van der Waals surface area contributed by atoms with Gasteiger partial charge in [-0.25, -0.2) is 4.79 Å². The van der Waals surface area contributed by atoms with Crippen molar-refractivity contribution in [1.29, 1.82) is 0 Å². The van der Waals surface area contributed by atoms with Crippen LogP contribution in [-0.2, 0) is 5.41 Å². The summed E-state index contributed by atoms with van der Waals surface area (Å²) in [6, 6.07) is 13.9. The maximum atomic E-state index is 11.2. The highest BCUT2D eigenvalue weighted by atomic mass is 79.9. The molecule has 1 unspecified atom stereocenters. The smallest absolute Gasteiger partial charge is 0.335 e. The Bertz CT molecular complexity index is 740. The molecule has 0 spiro atoms. The maximum Gasteiger partial charge on any atom is 0.335 e. The molecule has 0 radical (unpaired) electrons. The lowest BCUT2D eigenvalue weighted by Gasteiger charge is -2.39. The summed E-state index contributed by atoms with van der Waals surface area (Å²) >= 11 is 3.52. The predicted molar refractivity (Wildman–Crippen MR) is 91.6 cm³/mol. The topological polar surface area (TPSA) is 49.3 Å². The quantitative estimate of drug-likeness (QED) is 0.794. The fourth-order valence-corrected chi connectivity index (χ4v) is 3.56. The molecular weight excluding hydrogens is 342 g/mol. The first-order chi connectivity index (χ1) is 10.4. The van der Waals surface area contributed by atoms with Gasteiger partial charge in [-0.15, -0.1) is 0 Å². The number of aromatic carboxylic acids is 1. The molecule has 0 fully saturated rings. The number of anilines is 1. The molecule has 0 amide bonds. The molecular formula is C18H18BrNO2. The van der Waals surface area contributed by atoms with Crippen LogP contribution < -0.4 is 5.32 Å². The fraction of sp³-hybridized carbons (Fsp3) is 0.278. The third-order valence-corrected chi connectivity index (χ3v) is 4.78. The predicted octanol–water partition coefficient (Wildman–Crippen LogP) is 4.98. The first-order valence-electron chi connectivity index (χ1n) is 7.27. The zero-order valence-corrected chi connectivity index (χ0v) is 14.1. The summed E-state index contributed by atoms with van der Waals surface area (Å²) in [5, 5.41) is 12.7. The second-order valence-corrected chi connectivity index (χ2v) is 7.32. The Labute approximate surface area is 138 Å². The van der Waals surface area contributed by atoms with E-state index < -0.39 is 5.97 Å². The molecule has 0 saturated carbocycles. The molecule has 1 atom stereocenters. The van der Waals surface area contributed by atoms with Crippen LogP contribution in [0.15, 0.2) is 46.9 Å². The number of benzene rings is 2. The van der Waals surface area contributed by atoms with Gasteiger partial charge in [-0.3, -0.25) is 0 Å². The van der Waals surface area contributed by atoms with E-state index in [4.69, 9.17) is 0 Å². The number of hydrogen-bond acceptors (Lipinski definition) is 2. The summed E-state index contributed by atoms with van der Waals surface area (Å²) < 4.78 is 1.07. The summed E-state index contributed by atoms with van der Waals surface area (Å²) in [4.78, 5) is 11.2. The van der Waals surface area contributed by atoms with Gasteiger partial charge in [0, 0.05) is 10.2 Å². The van der Waals surface area contributed by atoms with E-state index in [2.05, 4.69) is 47.2 Å². The van der Waals surface area contributed by atoms with Crippen molar-refractivity contribution in [3.05, 3.63) is 63.6 Å². The molecule has 4 heteroatoms. The van der Waals surface area contributed by atoms with Gasteiger partial charge in [-0.1, -0.05) is 41.9 Å². The maximum absolute atomic E-state index is 11.2. The Balaban J connectivity index is 2.01. The second-order valence-electron chi connectivity index (χ2n) is 6.41. The molecule has 0 aliphatic carbocycles. The highest BCUT2D eigenvalue weighted by Gasteiger charge is 2.34. The van der Waals surface area contributed by atoms with Crippen LogP contribution in [0.2, 0.25) is 0 Å². The molecule has 1 aliphatic rings. The van der Waals surface area contributed by atoms with Crippen molar-refractivity contribution >= 4 is 27.6 Å². The second kappa shape index (κ2) is 5.43. The molecule has 2 aromatic carbocycles. The number of halogens is 1. The summed E-state index contributed by atoms with van der Waals surface area (Å²) in [5.74, 6) is -0.882. The van der Waals surface area contributed by atoms with E-state index in [0.29, 0.717) is 5.56 Å². The van der Waals surface area contributed by atoms with Crippen LogP contribution in [-0.4, -0.2) is 11.1 Å². The minimum absolute atomic E-state index is 0.0843. The molecule has 3 rings (SSSR count). The van der Waals surface area contributed by atoms with Gasteiger partial charge in [-0.05, 0) is 53.3 Å². The summed E-state index contributed by atoms with van der Waals surface area (Å²) in [6.07, 6.45) is 0.916. The molecule has 0 bridgehead atoms. The number of carbonyl (C=O) groups is 1. The first kappa shape index (κ1) is 15.1. The third-order valence-electron chi connectivity index (χ3n) is 4.29. The van der Waals surface area contributed by atoms with Crippen molar-refractivity contribution in [3.8, 4) is 0 Å². The van der Waals surface area contributed by atoms with Gasteiger partial charge in [0.2, 0.25) is 0 Å². The lowest BCUT2D eigenvalue weighted by atomic mass is 9.73. The van der Waals surface area contributed by atoms with Crippen LogP contribution in [0.3, 0.4) is 0 Å². The van der Waals surface area contributed by atoms with Crippen LogP contribution in [0, 0.1) is 0 Å². The lowest BCUT2D eigenvalue weighted by molar-refractivity contribution is 0.0696. The van der Waals surface area contributed by atoms with E-state index in [1.807, 2.05) is 18.2 Å². The third kappa shape index (κ3) is 2.75. The summed E-state index contributed by atoms with van der Waals surface area (Å²) in [5.41, 5.74) is 3.58. The Morgan fingerprint density at radius 3 is 2.73 bits per heavy atom. The van der Waals surface area contributed by atoms with E-state index in [1.54, 1.807) is 12.1 Å². The van der Waals surface area contributed by atoms with Crippen molar-refractivity contribution < 1.29 is 9.90 Å². The number of fused-ring (bicyclic) bond motifs is 1. The monoisotopic (exact) mass is 359 g/mol. The van der Waals surface area contributed by atoms with Crippen molar-refractivity contribution in [3.63, 3.8) is 0 Å². The highest BCUT2D eigenvalue weighted by Crippen LogP contribution is 2.44. The molecule has 3 nitrogen and oxygen atoms in total. The minimum Gasteiger partial charge on any atom is -0.478 e. The molecule has 0 aromatic heterocycles. The number of carboxylic acid groups (broad SMARTS) is 1. The van der Waals surface area contributed by atoms with Gasteiger partial charge >= 0.3 is 5.97 Å². The van der Waals surface area contributed by atoms with Gasteiger partial charge in [0.1, 0.15) is 0 Å². The van der Waals surface area contributed by atoms with E-state index >= 15 is 0 Å². The zero-order valence-electron chi connectivity index (χ0n) is 12.6. The number of hydrogen-bond donors (Lipinski definition) is 2. The van der Waals surface area contributed by atoms with E-state index in [0.717, 1.165) is 22.1 Å². The molecule has 114 valence electrons. The Kier molecular flexibility index (Phi) is 3.73. The van der Waals surface area contributed by atoms with E-state index in [9.17, 15) is 9.90 Å². The first-order valence-corrected chi connectivity index (χ1v) is 8.06. The van der Waals surface area contributed by atoms with Crippen LogP contribution in [0.5, 0.6) is 0 Å². The molecule has 22 heavy (non-hydrogen) atoms. The number of nitrogens with one attached hydrogen (secondary N) is 1. The van der Waals surface area contributed by atoms with Gasteiger partial charge in [0.05, 0.1) is 11.6 Å². The normalized spacial score (nSPS) is 19.1. The number of rotatable bonds is 2. The van der Waals surface area contributed by atoms with E-state index in [1.165, 1.54) is 5.56 Å². The fourth-order valence-electron chi connectivity index (χ4n) is 3.15. The van der Waals surface area contributed by atoms with Crippen LogP contribution in [0.1, 0.15) is 47.8 Å². The SMILES string of the molecule is CC1(C)CC(c2cccc(Br)c2)Nc2ccc(C(=O)O)cc21. The molecule has 1 aliphatic heterocycles. The van der Waals surface area contributed by atoms with Crippen LogP contribution in [0.4, 0.5) is 5.69 Å². The average Bonchev–Trinajstić information content (AvgIpc) is 2.46. The summed E-state index contributed by atoms with van der Waals surface area (Å²) in [7, 11) is 0. The van der Waals surface area contributed by atoms with Crippen molar-refractivity contribution in [2.45, 2.75) is 31.7 Å². The Hall–Kier alpha value is -1.81. The summed E-state index contributed by atoms with van der Waals surface area (Å²) in [6.45, 7) is 4.34. The lowest BCUT2D eigenvalue weighted by Crippen LogP contribution is -2.31. The van der Waals surface area contributed by atoms with Crippen LogP contribution >= 0.6 is 15.9 Å². The zero-order chi connectivity index (χ0) is 15.9. The number of carboxylic acids is 1. The highest BCUT2D eigenvalue weighted by molar-refractivity contribution is 9.10.